The second-order valence-corrected chi connectivity index (χ2v) is 5.67. The molecule has 2 rings (SSSR count). The van der Waals surface area contributed by atoms with Crippen molar-refractivity contribution in [3.63, 3.8) is 0 Å². The van der Waals surface area contributed by atoms with Crippen molar-refractivity contribution in [3.05, 3.63) is 21.9 Å². The number of aliphatic carboxylic acids is 1. The molecule has 5 heteroatoms. The first-order chi connectivity index (χ1) is 8.50. The predicted molar refractivity (Wildman–Crippen MR) is 69.9 cm³/mol. The van der Waals surface area contributed by atoms with Crippen molar-refractivity contribution in [3.8, 4) is 0 Å². The summed E-state index contributed by atoms with van der Waals surface area (Å²) in [5.74, 6) is -1.03. The average Bonchev–Trinajstić information content (AvgIpc) is 2.74. The van der Waals surface area contributed by atoms with Gasteiger partial charge in [-0.15, -0.1) is 0 Å². The maximum absolute atomic E-state index is 12.3. The zero-order valence-electron chi connectivity index (χ0n) is 10.5. The second kappa shape index (κ2) is 5.10. The first-order valence-electron chi connectivity index (χ1n) is 6.05. The van der Waals surface area contributed by atoms with Gasteiger partial charge < -0.3 is 10.0 Å². The van der Waals surface area contributed by atoms with E-state index in [1.54, 1.807) is 4.90 Å². The van der Waals surface area contributed by atoms with E-state index >= 15 is 0 Å². The van der Waals surface area contributed by atoms with E-state index < -0.39 is 5.97 Å². The lowest BCUT2D eigenvalue weighted by Gasteiger charge is -2.35. The van der Waals surface area contributed by atoms with Gasteiger partial charge in [0.25, 0.3) is 5.91 Å². The molecule has 2 atom stereocenters. The van der Waals surface area contributed by atoms with E-state index in [0.29, 0.717) is 19.5 Å². The molecule has 1 aromatic heterocycles. The van der Waals surface area contributed by atoms with E-state index in [4.69, 9.17) is 5.11 Å². The lowest BCUT2D eigenvalue weighted by Crippen LogP contribution is -2.45. The summed E-state index contributed by atoms with van der Waals surface area (Å²) in [7, 11) is 0. The minimum atomic E-state index is -0.749. The molecule has 0 spiro atoms. The molecule has 98 valence electrons. The predicted octanol–water partition coefficient (Wildman–Crippen LogP) is 2.24. The Morgan fingerprint density at radius 1 is 1.44 bits per heavy atom. The molecule has 1 amide bonds. The quantitative estimate of drug-likeness (QED) is 0.894. The Kier molecular flexibility index (Phi) is 3.71. The van der Waals surface area contributed by atoms with Crippen LogP contribution in [0, 0.1) is 18.8 Å². The SMILES string of the molecule is Cc1cscc1C(=O)N1CCC(C(=O)O)C(C)C1. The number of nitrogens with zero attached hydrogens (tertiary/aromatic N) is 1. The third-order valence-electron chi connectivity index (χ3n) is 3.60. The third-order valence-corrected chi connectivity index (χ3v) is 4.46. The standard InChI is InChI=1S/C13H17NO3S/c1-8-5-14(4-3-10(8)13(16)17)12(15)11-7-18-6-9(11)2/h6-8,10H,3-5H2,1-2H3,(H,16,17). The molecule has 1 aromatic rings. The zero-order chi connectivity index (χ0) is 13.3. The van der Waals surface area contributed by atoms with Crippen LogP contribution in [0.15, 0.2) is 10.8 Å². The minimum Gasteiger partial charge on any atom is -0.481 e. The average molecular weight is 267 g/mol. The smallest absolute Gasteiger partial charge is 0.306 e. The van der Waals surface area contributed by atoms with Crippen LogP contribution in [0.5, 0.6) is 0 Å². The first kappa shape index (κ1) is 13.1. The topological polar surface area (TPSA) is 57.6 Å². The van der Waals surface area contributed by atoms with E-state index in [1.165, 1.54) is 11.3 Å². The van der Waals surface area contributed by atoms with Gasteiger partial charge in [0.15, 0.2) is 0 Å². The lowest BCUT2D eigenvalue weighted by molar-refractivity contribution is -0.145. The van der Waals surface area contributed by atoms with Crippen LogP contribution in [0.3, 0.4) is 0 Å². The molecular formula is C13H17NO3S. The summed E-state index contributed by atoms with van der Waals surface area (Å²) in [5, 5.41) is 12.9. The fraction of sp³-hybridized carbons (Fsp3) is 0.538. The Hall–Kier alpha value is -1.36. The van der Waals surface area contributed by atoms with E-state index in [1.807, 2.05) is 24.6 Å². The highest BCUT2D eigenvalue weighted by Crippen LogP contribution is 2.26. The molecule has 1 aliphatic rings. The molecule has 18 heavy (non-hydrogen) atoms. The number of aryl methyl sites for hydroxylation is 1. The van der Waals surface area contributed by atoms with Gasteiger partial charge >= 0.3 is 5.97 Å². The molecule has 2 heterocycles. The van der Waals surface area contributed by atoms with Gasteiger partial charge in [0.1, 0.15) is 0 Å². The van der Waals surface area contributed by atoms with Crippen LogP contribution in [-0.4, -0.2) is 35.0 Å². The summed E-state index contributed by atoms with van der Waals surface area (Å²) in [5.41, 5.74) is 1.75. The molecule has 2 unspecified atom stereocenters. The maximum atomic E-state index is 12.3. The number of thiophene rings is 1. The van der Waals surface area contributed by atoms with E-state index in [0.717, 1.165) is 11.1 Å². The minimum absolute atomic E-state index is 0.0131. The number of piperidine rings is 1. The molecular weight excluding hydrogens is 250 g/mol. The highest BCUT2D eigenvalue weighted by Gasteiger charge is 2.33. The van der Waals surface area contributed by atoms with Gasteiger partial charge in [-0.25, -0.2) is 0 Å². The zero-order valence-corrected chi connectivity index (χ0v) is 11.4. The van der Waals surface area contributed by atoms with Gasteiger partial charge in [0.2, 0.25) is 0 Å². The molecule has 1 aliphatic heterocycles. The number of carboxylic acid groups (broad SMARTS) is 1. The van der Waals surface area contributed by atoms with Gasteiger partial charge in [-0.2, -0.15) is 11.3 Å². The van der Waals surface area contributed by atoms with Crippen LogP contribution in [0.4, 0.5) is 0 Å². The van der Waals surface area contributed by atoms with E-state index in [9.17, 15) is 9.59 Å². The second-order valence-electron chi connectivity index (χ2n) is 4.93. The molecule has 0 aliphatic carbocycles. The molecule has 0 saturated carbocycles. The number of likely N-dealkylation sites (tertiary alicyclic amines) is 1. The van der Waals surface area contributed by atoms with E-state index in [-0.39, 0.29) is 17.7 Å². The van der Waals surface area contributed by atoms with Crippen LogP contribution in [0.1, 0.15) is 29.3 Å². The molecule has 1 N–H and O–H groups in total. The highest BCUT2D eigenvalue weighted by atomic mass is 32.1. The summed E-state index contributed by atoms with van der Waals surface area (Å²) in [6.07, 6.45) is 0.547. The summed E-state index contributed by atoms with van der Waals surface area (Å²) >= 11 is 1.52. The lowest BCUT2D eigenvalue weighted by atomic mass is 9.87. The molecule has 0 bridgehead atoms. The van der Waals surface area contributed by atoms with Crippen LogP contribution in [0.25, 0.3) is 0 Å². The van der Waals surface area contributed by atoms with E-state index in [2.05, 4.69) is 0 Å². The first-order valence-corrected chi connectivity index (χ1v) is 7.00. The molecule has 1 saturated heterocycles. The van der Waals surface area contributed by atoms with Crippen LogP contribution in [-0.2, 0) is 4.79 Å². The van der Waals surface area contributed by atoms with Crippen molar-refractivity contribution in [2.24, 2.45) is 11.8 Å². The van der Waals surface area contributed by atoms with Crippen molar-refractivity contribution in [2.45, 2.75) is 20.3 Å². The van der Waals surface area contributed by atoms with Crippen molar-refractivity contribution >= 4 is 23.2 Å². The van der Waals surface area contributed by atoms with Crippen molar-refractivity contribution in [1.29, 1.82) is 0 Å². The van der Waals surface area contributed by atoms with Crippen LogP contribution < -0.4 is 0 Å². The van der Waals surface area contributed by atoms with Crippen LogP contribution >= 0.6 is 11.3 Å². The summed E-state index contributed by atoms with van der Waals surface area (Å²) < 4.78 is 0. The van der Waals surface area contributed by atoms with Crippen LogP contribution in [0.2, 0.25) is 0 Å². The monoisotopic (exact) mass is 267 g/mol. The molecule has 0 aromatic carbocycles. The summed E-state index contributed by atoms with van der Waals surface area (Å²) in [6, 6.07) is 0. The van der Waals surface area contributed by atoms with Gasteiger partial charge in [-0.3, -0.25) is 9.59 Å². The Morgan fingerprint density at radius 2 is 2.17 bits per heavy atom. The van der Waals surface area contributed by atoms with Gasteiger partial charge in [0, 0.05) is 18.5 Å². The summed E-state index contributed by atoms with van der Waals surface area (Å²) in [4.78, 5) is 25.1. The number of carbonyl (C=O) groups excluding carboxylic acids is 1. The van der Waals surface area contributed by atoms with Gasteiger partial charge in [-0.1, -0.05) is 6.92 Å². The van der Waals surface area contributed by atoms with Crippen molar-refractivity contribution in [1.82, 2.24) is 4.90 Å². The number of hydrogen-bond acceptors (Lipinski definition) is 3. The number of amides is 1. The Morgan fingerprint density at radius 3 is 2.67 bits per heavy atom. The third kappa shape index (κ3) is 2.41. The maximum Gasteiger partial charge on any atom is 0.306 e. The Balaban J connectivity index is 2.07. The number of rotatable bonds is 2. The van der Waals surface area contributed by atoms with Crippen molar-refractivity contribution in [2.75, 3.05) is 13.1 Å². The molecule has 4 nitrogen and oxygen atoms in total. The molecule has 1 fully saturated rings. The number of carboxylic acids is 1. The number of carbonyl (C=O) groups is 2. The largest absolute Gasteiger partial charge is 0.481 e. The summed E-state index contributed by atoms with van der Waals surface area (Å²) in [6.45, 7) is 4.90. The normalized spacial score (nSPS) is 24.0. The fourth-order valence-corrected chi connectivity index (χ4v) is 3.27. The fourth-order valence-electron chi connectivity index (χ4n) is 2.45. The Bertz CT molecular complexity index is 469. The van der Waals surface area contributed by atoms with Gasteiger partial charge in [-0.05, 0) is 30.2 Å². The Labute approximate surface area is 110 Å². The van der Waals surface area contributed by atoms with Crippen molar-refractivity contribution < 1.29 is 14.7 Å². The highest BCUT2D eigenvalue weighted by molar-refractivity contribution is 7.08. The molecule has 0 radical (unpaired) electrons. The number of hydrogen-bond donors (Lipinski definition) is 1. The van der Waals surface area contributed by atoms with Gasteiger partial charge in [0.05, 0.1) is 11.5 Å².